The van der Waals surface area contributed by atoms with Crippen LogP contribution in [0.4, 0.5) is 5.69 Å². The fourth-order valence-corrected chi connectivity index (χ4v) is 6.00. The second kappa shape index (κ2) is 8.35. The Balaban J connectivity index is 1.46. The molecule has 2 aromatic rings. The molecule has 0 aliphatic carbocycles. The average molecular weight is 462 g/mol. The number of benzene rings is 2. The SMILES string of the molecule is Cc1ccc(S(=O)(=O)N2CCN(C3CC(=O)N(c4ccc(Cl)cc4)C3=O)CC2)c(C)c1. The number of carbonyl (C=O) groups is 2. The molecule has 0 radical (unpaired) electrons. The van der Waals surface area contributed by atoms with Crippen molar-refractivity contribution in [2.24, 2.45) is 0 Å². The van der Waals surface area contributed by atoms with Crippen molar-refractivity contribution in [3.05, 3.63) is 58.6 Å². The Bertz CT molecular complexity index is 1130. The third-order valence-electron chi connectivity index (χ3n) is 5.87. The van der Waals surface area contributed by atoms with E-state index in [9.17, 15) is 18.0 Å². The maximum atomic E-state index is 13.1. The van der Waals surface area contributed by atoms with Crippen LogP contribution in [0.25, 0.3) is 0 Å². The van der Waals surface area contributed by atoms with Gasteiger partial charge >= 0.3 is 0 Å². The monoisotopic (exact) mass is 461 g/mol. The number of halogens is 1. The summed E-state index contributed by atoms with van der Waals surface area (Å²) in [5, 5.41) is 0.528. The number of rotatable bonds is 4. The highest BCUT2D eigenvalue weighted by Crippen LogP contribution is 2.28. The van der Waals surface area contributed by atoms with Crippen LogP contribution in [0.2, 0.25) is 5.02 Å². The standard InChI is InChI=1S/C22H24ClN3O4S/c1-15-3-8-20(16(2)13-15)31(29,30)25-11-9-24(10-12-25)19-14-21(27)26(22(19)28)18-6-4-17(23)5-7-18/h3-8,13,19H,9-12,14H2,1-2H3. The number of imide groups is 1. The molecule has 0 saturated carbocycles. The van der Waals surface area contributed by atoms with E-state index in [4.69, 9.17) is 11.6 Å². The molecule has 2 aliphatic heterocycles. The summed E-state index contributed by atoms with van der Waals surface area (Å²) >= 11 is 5.90. The number of piperazine rings is 1. The van der Waals surface area contributed by atoms with Gasteiger partial charge in [0, 0.05) is 31.2 Å². The van der Waals surface area contributed by atoms with Crippen molar-refractivity contribution < 1.29 is 18.0 Å². The molecule has 0 spiro atoms. The first-order valence-electron chi connectivity index (χ1n) is 10.1. The number of hydrogen-bond donors (Lipinski definition) is 0. The highest BCUT2D eigenvalue weighted by atomic mass is 35.5. The lowest BCUT2D eigenvalue weighted by Crippen LogP contribution is -2.53. The second-order valence-electron chi connectivity index (χ2n) is 7.97. The fourth-order valence-electron chi connectivity index (χ4n) is 4.25. The number of hydrogen-bond acceptors (Lipinski definition) is 5. The van der Waals surface area contributed by atoms with E-state index in [0.29, 0.717) is 28.7 Å². The highest BCUT2D eigenvalue weighted by molar-refractivity contribution is 7.89. The topological polar surface area (TPSA) is 78.0 Å². The smallest absolute Gasteiger partial charge is 0.251 e. The molecule has 0 bridgehead atoms. The van der Waals surface area contributed by atoms with Crippen LogP contribution >= 0.6 is 11.6 Å². The zero-order valence-corrected chi connectivity index (χ0v) is 19.0. The number of amides is 2. The molecular formula is C22H24ClN3O4S. The summed E-state index contributed by atoms with van der Waals surface area (Å²) in [7, 11) is -3.61. The van der Waals surface area contributed by atoms with E-state index >= 15 is 0 Å². The Morgan fingerprint density at radius 1 is 0.935 bits per heavy atom. The molecule has 0 aromatic heterocycles. The molecule has 164 valence electrons. The van der Waals surface area contributed by atoms with E-state index in [1.165, 1.54) is 9.21 Å². The average Bonchev–Trinajstić information content (AvgIpc) is 3.02. The lowest BCUT2D eigenvalue weighted by atomic mass is 10.2. The second-order valence-corrected chi connectivity index (χ2v) is 10.3. The summed E-state index contributed by atoms with van der Waals surface area (Å²) in [6.07, 6.45) is 0.0886. The quantitative estimate of drug-likeness (QED) is 0.654. The van der Waals surface area contributed by atoms with E-state index in [0.717, 1.165) is 11.1 Å². The molecule has 2 fully saturated rings. The van der Waals surface area contributed by atoms with Crippen molar-refractivity contribution in [1.29, 1.82) is 0 Å². The van der Waals surface area contributed by atoms with Gasteiger partial charge in [0.2, 0.25) is 15.9 Å². The first-order valence-corrected chi connectivity index (χ1v) is 11.9. The molecular weight excluding hydrogens is 438 g/mol. The molecule has 2 amide bonds. The molecule has 2 heterocycles. The van der Waals surface area contributed by atoms with Crippen molar-refractivity contribution in [3.63, 3.8) is 0 Å². The number of aryl methyl sites for hydroxylation is 2. The van der Waals surface area contributed by atoms with Crippen molar-refractivity contribution in [3.8, 4) is 0 Å². The van der Waals surface area contributed by atoms with Gasteiger partial charge in [-0.25, -0.2) is 13.3 Å². The van der Waals surface area contributed by atoms with Crippen molar-refractivity contribution >= 4 is 39.1 Å². The van der Waals surface area contributed by atoms with Gasteiger partial charge in [-0.15, -0.1) is 0 Å². The first-order chi connectivity index (χ1) is 14.7. The highest BCUT2D eigenvalue weighted by Gasteiger charge is 2.44. The number of carbonyl (C=O) groups excluding carboxylic acids is 2. The Morgan fingerprint density at radius 3 is 2.19 bits per heavy atom. The van der Waals surface area contributed by atoms with Gasteiger partial charge in [-0.1, -0.05) is 29.3 Å². The van der Waals surface area contributed by atoms with E-state index in [2.05, 4.69) is 0 Å². The largest absolute Gasteiger partial charge is 0.289 e. The Labute approximate surface area is 187 Å². The molecule has 4 rings (SSSR count). The molecule has 9 heteroatoms. The predicted octanol–water partition coefficient (Wildman–Crippen LogP) is 2.60. The summed E-state index contributed by atoms with van der Waals surface area (Å²) in [4.78, 5) is 28.9. The van der Waals surface area contributed by atoms with Gasteiger partial charge in [0.1, 0.15) is 0 Å². The van der Waals surface area contributed by atoms with Crippen LogP contribution in [0, 0.1) is 13.8 Å². The zero-order valence-electron chi connectivity index (χ0n) is 17.4. The Kier molecular flexibility index (Phi) is 5.91. The van der Waals surface area contributed by atoms with Gasteiger partial charge < -0.3 is 0 Å². The van der Waals surface area contributed by atoms with Crippen LogP contribution in [-0.2, 0) is 19.6 Å². The van der Waals surface area contributed by atoms with Gasteiger partial charge in [-0.3, -0.25) is 14.5 Å². The number of sulfonamides is 1. The fraction of sp³-hybridized carbons (Fsp3) is 0.364. The van der Waals surface area contributed by atoms with Gasteiger partial charge in [0.05, 0.1) is 23.0 Å². The molecule has 1 unspecified atom stereocenters. The maximum Gasteiger partial charge on any atom is 0.251 e. The Hall–Kier alpha value is -2.26. The molecule has 7 nitrogen and oxygen atoms in total. The summed E-state index contributed by atoms with van der Waals surface area (Å²) in [5.41, 5.74) is 2.23. The first kappa shape index (κ1) is 22.0. The van der Waals surface area contributed by atoms with Crippen molar-refractivity contribution in [2.75, 3.05) is 31.1 Å². The normalized spacial score (nSPS) is 21.1. The van der Waals surface area contributed by atoms with Gasteiger partial charge in [-0.05, 0) is 49.7 Å². The van der Waals surface area contributed by atoms with Crippen LogP contribution in [0.1, 0.15) is 17.5 Å². The summed E-state index contributed by atoms with van der Waals surface area (Å²) in [5.74, 6) is -0.541. The number of nitrogens with zero attached hydrogens (tertiary/aromatic N) is 3. The summed E-state index contributed by atoms with van der Waals surface area (Å²) in [6.45, 7) is 5.05. The zero-order chi connectivity index (χ0) is 22.3. The third kappa shape index (κ3) is 4.13. The van der Waals surface area contributed by atoms with Gasteiger partial charge in [0.25, 0.3) is 5.91 Å². The molecule has 1 atom stereocenters. The minimum Gasteiger partial charge on any atom is -0.289 e. The van der Waals surface area contributed by atoms with Crippen molar-refractivity contribution in [2.45, 2.75) is 31.2 Å². The van der Waals surface area contributed by atoms with Crippen LogP contribution in [0.3, 0.4) is 0 Å². The van der Waals surface area contributed by atoms with Crippen LogP contribution in [0.5, 0.6) is 0 Å². The third-order valence-corrected chi connectivity index (χ3v) is 8.18. The summed E-state index contributed by atoms with van der Waals surface area (Å²) in [6, 6.07) is 11.3. The van der Waals surface area contributed by atoms with E-state index in [-0.39, 0.29) is 31.3 Å². The molecule has 0 N–H and O–H groups in total. The minimum atomic E-state index is -3.61. The molecule has 2 saturated heterocycles. The van der Waals surface area contributed by atoms with Crippen LogP contribution in [-0.4, -0.2) is 61.7 Å². The van der Waals surface area contributed by atoms with Crippen LogP contribution < -0.4 is 4.90 Å². The number of anilines is 1. The molecule has 31 heavy (non-hydrogen) atoms. The lowest BCUT2D eigenvalue weighted by Gasteiger charge is -2.36. The maximum absolute atomic E-state index is 13.1. The van der Waals surface area contributed by atoms with Gasteiger partial charge in [-0.2, -0.15) is 4.31 Å². The summed E-state index contributed by atoms with van der Waals surface area (Å²) < 4.78 is 27.6. The van der Waals surface area contributed by atoms with E-state index < -0.39 is 16.1 Å². The Morgan fingerprint density at radius 2 is 1.58 bits per heavy atom. The van der Waals surface area contributed by atoms with Crippen molar-refractivity contribution in [1.82, 2.24) is 9.21 Å². The minimum absolute atomic E-state index is 0.0886. The molecule has 2 aliphatic rings. The van der Waals surface area contributed by atoms with E-state index in [1.54, 1.807) is 43.3 Å². The molecule has 2 aromatic carbocycles. The van der Waals surface area contributed by atoms with Crippen LogP contribution in [0.15, 0.2) is 47.4 Å². The van der Waals surface area contributed by atoms with E-state index in [1.807, 2.05) is 17.9 Å². The predicted molar refractivity (Wildman–Crippen MR) is 119 cm³/mol. The lowest BCUT2D eigenvalue weighted by molar-refractivity contribution is -0.123. The van der Waals surface area contributed by atoms with Gasteiger partial charge in [0.15, 0.2) is 0 Å².